The molecule has 1 aliphatic heterocycles. The maximum atomic E-state index is 12.8. The summed E-state index contributed by atoms with van der Waals surface area (Å²) >= 11 is 0. The maximum absolute atomic E-state index is 12.8. The number of phenolic OH excluding ortho intramolecular Hbond substituents is 1. The van der Waals surface area contributed by atoms with Gasteiger partial charge in [-0.05, 0) is 38.1 Å². The second-order valence-corrected chi connectivity index (χ2v) is 5.92. The third-order valence-electron chi connectivity index (χ3n) is 4.02. The van der Waals surface area contributed by atoms with Crippen LogP contribution in [-0.4, -0.2) is 29.6 Å². The van der Waals surface area contributed by atoms with Gasteiger partial charge in [0.15, 0.2) is 11.5 Å². The number of benzene rings is 2. The molecule has 138 valence electrons. The van der Waals surface area contributed by atoms with Crippen LogP contribution in [0.25, 0.3) is 6.08 Å². The highest BCUT2D eigenvalue weighted by Crippen LogP contribution is 2.32. The Kier molecular flexibility index (Phi) is 4.94. The lowest BCUT2D eigenvalue weighted by atomic mass is 10.1. The number of carbonyl (C=O) groups excluding carboxylic acids is 3. The van der Waals surface area contributed by atoms with Crippen molar-refractivity contribution in [1.29, 1.82) is 0 Å². The maximum Gasteiger partial charge on any atom is 0.335 e. The third-order valence-corrected chi connectivity index (χ3v) is 4.02. The Morgan fingerprint density at radius 3 is 2.48 bits per heavy atom. The van der Waals surface area contributed by atoms with Crippen LogP contribution in [0.4, 0.5) is 10.5 Å². The zero-order valence-corrected chi connectivity index (χ0v) is 14.9. The molecule has 0 saturated carbocycles. The number of rotatable bonds is 4. The van der Waals surface area contributed by atoms with Gasteiger partial charge in [0.2, 0.25) is 0 Å². The zero-order valence-electron chi connectivity index (χ0n) is 14.9. The van der Waals surface area contributed by atoms with Crippen molar-refractivity contribution in [2.45, 2.75) is 13.8 Å². The molecule has 2 N–H and O–H groups in total. The molecule has 0 bridgehead atoms. The number of aromatic hydroxyl groups is 1. The summed E-state index contributed by atoms with van der Waals surface area (Å²) in [6.07, 6.45) is 1.24. The van der Waals surface area contributed by atoms with Crippen molar-refractivity contribution in [1.82, 2.24) is 5.32 Å². The van der Waals surface area contributed by atoms with Gasteiger partial charge in [-0.15, -0.1) is 0 Å². The minimum absolute atomic E-state index is 0.189. The topological polar surface area (TPSA) is 95.9 Å². The number of carbonyl (C=O) groups is 3. The molecule has 1 aliphatic rings. The monoisotopic (exact) mass is 366 g/mol. The quantitative estimate of drug-likeness (QED) is 0.641. The van der Waals surface area contributed by atoms with Gasteiger partial charge >= 0.3 is 6.03 Å². The van der Waals surface area contributed by atoms with Crippen molar-refractivity contribution < 1.29 is 24.2 Å². The minimum Gasteiger partial charge on any atom is -0.504 e. The van der Waals surface area contributed by atoms with Crippen molar-refractivity contribution in [2.24, 2.45) is 0 Å². The summed E-state index contributed by atoms with van der Waals surface area (Å²) in [5.41, 5.74) is 1.28. The summed E-state index contributed by atoms with van der Waals surface area (Å²) in [4.78, 5) is 38.1. The molecule has 2 aromatic carbocycles. The number of para-hydroxylation sites is 1. The number of nitrogens with zero attached hydrogens (tertiary/aromatic N) is 1. The summed E-state index contributed by atoms with van der Waals surface area (Å²) in [5.74, 6) is -1.54. The second-order valence-electron chi connectivity index (χ2n) is 5.92. The van der Waals surface area contributed by atoms with Crippen LogP contribution >= 0.6 is 0 Å². The molecule has 4 amide bonds. The van der Waals surface area contributed by atoms with E-state index in [-0.39, 0.29) is 22.6 Å². The van der Waals surface area contributed by atoms with Gasteiger partial charge in [-0.1, -0.05) is 29.8 Å². The molecule has 0 radical (unpaired) electrons. The number of anilines is 1. The molecule has 0 atom stereocenters. The molecule has 0 aliphatic carbocycles. The number of ether oxygens (including phenoxy) is 1. The van der Waals surface area contributed by atoms with Gasteiger partial charge in [0.1, 0.15) is 5.57 Å². The summed E-state index contributed by atoms with van der Waals surface area (Å²) in [6.45, 7) is 4.00. The predicted octanol–water partition coefficient (Wildman–Crippen LogP) is 2.77. The number of nitrogens with one attached hydrogen (secondary N) is 1. The molecule has 1 saturated heterocycles. The molecule has 0 aromatic heterocycles. The molecular weight excluding hydrogens is 348 g/mol. The number of urea groups is 1. The van der Waals surface area contributed by atoms with Crippen LogP contribution in [0.15, 0.2) is 48.0 Å². The molecule has 7 nitrogen and oxygen atoms in total. The van der Waals surface area contributed by atoms with Crippen LogP contribution in [0.5, 0.6) is 11.5 Å². The molecule has 3 rings (SSSR count). The van der Waals surface area contributed by atoms with E-state index in [4.69, 9.17) is 4.74 Å². The largest absolute Gasteiger partial charge is 0.504 e. The Labute approximate surface area is 155 Å². The van der Waals surface area contributed by atoms with Gasteiger partial charge in [0, 0.05) is 5.56 Å². The highest BCUT2D eigenvalue weighted by molar-refractivity contribution is 6.39. The fourth-order valence-electron chi connectivity index (χ4n) is 2.67. The van der Waals surface area contributed by atoms with Gasteiger partial charge in [0.05, 0.1) is 12.3 Å². The van der Waals surface area contributed by atoms with Crippen molar-refractivity contribution in [2.75, 3.05) is 11.5 Å². The standard InChI is InChI=1S/C20H18N2O5/c1-3-27-16-6-4-5-13(17(16)23)11-15-18(24)21-20(26)22(19(15)25)14-9-7-12(2)8-10-14/h4-11,23H,3H2,1-2H3,(H,21,24,26)/b15-11-. The molecule has 1 heterocycles. The number of barbiturate groups is 1. The smallest absolute Gasteiger partial charge is 0.335 e. The SMILES string of the molecule is CCOc1cccc(/C=C2/C(=O)NC(=O)N(c3ccc(C)cc3)C2=O)c1O. The predicted molar refractivity (Wildman–Crippen MR) is 99.5 cm³/mol. The Bertz CT molecular complexity index is 947. The van der Waals surface area contributed by atoms with Crippen LogP contribution < -0.4 is 15.0 Å². The van der Waals surface area contributed by atoms with Crippen LogP contribution in [0.1, 0.15) is 18.1 Å². The number of phenols is 1. The summed E-state index contributed by atoms with van der Waals surface area (Å²) in [6, 6.07) is 10.7. The second kappa shape index (κ2) is 7.33. The number of hydrogen-bond acceptors (Lipinski definition) is 5. The lowest BCUT2D eigenvalue weighted by Crippen LogP contribution is -2.54. The number of hydrogen-bond donors (Lipinski definition) is 2. The first kappa shape index (κ1) is 18.2. The fraction of sp³-hybridized carbons (Fsp3) is 0.150. The Morgan fingerprint density at radius 2 is 1.81 bits per heavy atom. The number of aryl methyl sites for hydroxylation is 1. The van der Waals surface area contributed by atoms with E-state index >= 15 is 0 Å². The van der Waals surface area contributed by atoms with E-state index in [1.807, 2.05) is 6.92 Å². The Hall–Kier alpha value is -3.61. The molecule has 0 spiro atoms. The van der Waals surface area contributed by atoms with Crippen molar-refractivity contribution in [3.63, 3.8) is 0 Å². The highest BCUT2D eigenvalue weighted by atomic mass is 16.5. The zero-order chi connectivity index (χ0) is 19.6. The average molecular weight is 366 g/mol. The summed E-state index contributed by atoms with van der Waals surface area (Å²) < 4.78 is 5.31. The van der Waals surface area contributed by atoms with E-state index in [1.165, 1.54) is 12.1 Å². The van der Waals surface area contributed by atoms with Gasteiger partial charge in [-0.25, -0.2) is 9.69 Å². The minimum atomic E-state index is -0.824. The molecular formula is C20H18N2O5. The first-order valence-electron chi connectivity index (χ1n) is 8.35. The van der Waals surface area contributed by atoms with E-state index in [0.29, 0.717) is 12.3 Å². The fourth-order valence-corrected chi connectivity index (χ4v) is 2.67. The Balaban J connectivity index is 2.02. The van der Waals surface area contributed by atoms with Gasteiger partial charge in [-0.2, -0.15) is 0 Å². The van der Waals surface area contributed by atoms with Crippen LogP contribution in [0, 0.1) is 6.92 Å². The molecule has 27 heavy (non-hydrogen) atoms. The van der Waals surface area contributed by atoms with E-state index in [9.17, 15) is 19.5 Å². The molecule has 1 fully saturated rings. The lowest BCUT2D eigenvalue weighted by Gasteiger charge is -2.26. The first-order chi connectivity index (χ1) is 12.9. The lowest BCUT2D eigenvalue weighted by molar-refractivity contribution is -0.122. The van der Waals surface area contributed by atoms with Gasteiger partial charge < -0.3 is 9.84 Å². The molecule has 7 heteroatoms. The highest BCUT2D eigenvalue weighted by Gasteiger charge is 2.36. The van der Waals surface area contributed by atoms with Crippen molar-refractivity contribution >= 4 is 29.6 Å². The number of amides is 4. The summed E-state index contributed by atoms with van der Waals surface area (Å²) in [7, 11) is 0. The molecule has 0 unspecified atom stereocenters. The van der Waals surface area contributed by atoms with E-state index in [2.05, 4.69) is 5.32 Å². The molecule has 2 aromatic rings. The van der Waals surface area contributed by atoms with Crippen molar-refractivity contribution in [3.05, 3.63) is 59.2 Å². The van der Waals surface area contributed by atoms with Crippen LogP contribution in [0.2, 0.25) is 0 Å². The normalized spacial score (nSPS) is 15.9. The van der Waals surface area contributed by atoms with Crippen LogP contribution in [0.3, 0.4) is 0 Å². The number of imide groups is 2. The van der Waals surface area contributed by atoms with Gasteiger partial charge in [0.25, 0.3) is 11.8 Å². The van der Waals surface area contributed by atoms with E-state index < -0.39 is 17.8 Å². The van der Waals surface area contributed by atoms with Gasteiger partial charge in [-0.3, -0.25) is 14.9 Å². The average Bonchev–Trinajstić information content (AvgIpc) is 2.63. The first-order valence-corrected chi connectivity index (χ1v) is 8.35. The van der Waals surface area contributed by atoms with E-state index in [1.54, 1.807) is 43.3 Å². The van der Waals surface area contributed by atoms with E-state index in [0.717, 1.165) is 10.5 Å². The van der Waals surface area contributed by atoms with Crippen LogP contribution in [-0.2, 0) is 9.59 Å². The van der Waals surface area contributed by atoms with Crippen molar-refractivity contribution in [3.8, 4) is 11.5 Å². The third kappa shape index (κ3) is 3.52. The Morgan fingerprint density at radius 1 is 1.11 bits per heavy atom. The summed E-state index contributed by atoms with van der Waals surface area (Å²) in [5, 5.41) is 12.4.